The lowest BCUT2D eigenvalue weighted by molar-refractivity contribution is -0.122. The fourth-order valence-corrected chi connectivity index (χ4v) is 2.29. The number of hydrogen-bond donors (Lipinski definition) is 1. The predicted molar refractivity (Wildman–Crippen MR) is 80.3 cm³/mol. The molecule has 1 unspecified atom stereocenters. The molecule has 108 valence electrons. The van der Waals surface area contributed by atoms with E-state index < -0.39 is 0 Å². The van der Waals surface area contributed by atoms with Gasteiger partial charge in [-0.2, -0.15) is 0 Å². The third kappa shape index (κ3) is 4.82. The van der Waals surface area contributed by atoms with Crippen molar-refractivity contribution in [3.8, 4) is 0 Å². The van der Waals surface area contributed by atoms with Gasteiger partial charge in [0, 0.05) is 13.0 Å². The summed E-state index contributed by atoms with van der Waals surface area (Å²) in [5.74, 6) is 0.596. The molecule has 1 aromatic carbocycles. The van der Waals surface area contributed by atoms with Crippen LogP contribution in [0.3, 0.4) is 0 Å². The molecular weight excluding hydrogens is 250 g/mol. The molecule has 0 fully saturated rings. The van der Waals surface area contributed by atoms with Gasteiger partial charge in [0.05, 0.1) is 12.6 Å². The van der Waals surface area contributed by atoms with Gasteiger partial charge >= 0.3 is 0 Å². The Morgan fingerprint density at radius 2 is 1.95 bits per heavy atom. The molecule has 1 aromatic rings. The molecular formula is C17H23NO2. The van der Waals surface area contributed by atoms with Gasteiger partial charge in [-0.05, 0) is 24.3 Å². The standard InChI is InChI=1S/C17H23NO2/c1-14-8-4-2-7-11-17(19)18-16(13-20-12-14)15-9-5-3-6-10-15/h2-6,9-10,14,16H,7-8,11-13H2,1H3,(H,18,19)/b4-2-/t14?,16-/m0/s1. The molecule has 3 heteroatoms. The first kappa shape index (κ1) is 14.8. The number of nitrogens with one attached hydrogen (secondary N) is 1. The lowest BCUT2D eigenvalue weighted by atomic mass is 10.1. The average molecular weight is 273 g/mol. The van der Waals surface area contributed by atoms with Crippen molar-refractivity contribution in [2.24, 2.45) is 5.92 Å². The van der Waals surface area contributed by atoms with Crippen molar-refractivity contribution in [3.05, 3.63) is 48.0 Å². The molecule has 0 bridgehead atoms. The zero-order valence-electron chi connectivity index (χ0n) is 12.0. The lowest BCUT2D eigenvalue weighted by Crippen LogP contribution is -2.31. The van der Waals surface area contributed by atoms with Gasteiger partial charge in [0.2, 0.25) is 5.91 Å². The fraction of sp³-hybridized carbons (Fsp3) is 0.471. The van der Waals surface area contributed by atoms with Crippen molar-refractivity contribution >= 4 is 5.91 Å². The summed E-state index contributed by atoms with van der Waals surface area (Å²) in [5, 5.41) is 3.07. The highest BCUT2D eigenvalue weighted by molar-refractivity contribution is 5.76. The van der Waals surface area contributed by atoms with Crippen molar-refractivity contribution in [2.75, 3.05) is 13.2 Å². The van der Waals surface area contributed by atoms with Gasteiger partial charge in [0.15, 0.2) is 0 Å². The van der Waals surface area contributed by atoms with Gasteiger partial charge in [0.25, 0.3) is 0 Å². The summed E-state index contributed by atoms with van der Waals surface area (Å²) in [6.45, 7) is 3.44. The molecule has 0 spiro atoms. The zero-order chi connectivity index (χ0) is 14.2. The summed E-state index contributed by atoms with van der Waals surface area (Å²) in [4.78, 5) is 11.9. The zero-order valence-corrected chi connectivity index (χ0v) is 12.0. The highest BCUT2D eigenvalue weighted by Gasteiger charge is 2.15. The number of benzene rings is 1. The highest BCUT2D eigenvalue weighted by atomic mass is 16.5. The van der Waals surface area contributed by atoms with Gasteiger partial charge in [-0.3, -0.25) is 4.79 Å². The predicted octanol–water partition coefficient (Wildman–Crippen LogP) is 3.24. The first-order valence-corrected chi connectivity index (χ1v) is 7.32. The summed E-state index contributed by atoms with van der Waals surface area (Å²) in [7, 11) is 0. The van der Waals surface area contributed by atoms with Crippen LogP contribution in [0.1, 0.15) is 37.8 Å². The van der Waals surface area contributed by atoms with Crippen molar-refractivity contribution < 1.29 is 9.53 Å². The molecule has 1 aliphatic heterocycles. The minimum atomic E-state index is -0.0562. The van der Waals surface area contributed by atoms with Crippen LogP contribution in [0.2, 0.25) is 0 Å². The second-order valence-electron chi connectivity index (χ2n) is 5.42. The van der Waals surface area contributed by atoms with Crippen LogP contribution in [-0.4, -0.2) is 19.1 Å². The van der Waals surface area contributed by atoms with Gasteiger partial charge in [0.1, 0.15) is 0 Å². The second-order valence-corrected chi connectivity index (χ2v) is 5.42. The topological polar surface area (TPSA) is 38.3 Å². The van der Waals surface area contributed by atoms with E-state index in [4.69, 9.17) is 4.74 Å². The number of ether oxygens (including phenoxy) is 1. The lowest BCUT2D eigenvalue weighted by Gasteiger charge is -2.21. The number of allylic oxidation sites excluding steroid dienone is 2. The minimum absolute atomic E-state index is 0.0562. The third-order valence-electron chi connectivity index (χ3n) is 3.47. The Morgan fingerprint density at radius 3 is 2.75 bits per heavy atom. The first-order chi connectivity index (χ1) is 9.75. The fourth-order valence-electron chi connectivity index (χ4n) is 2.29. The molecule has 0 aromatic heterocycles. The van der Waals surface area contributed by atoms with Crippen molar-refractivity contribution in [3.63, 3.8) is 0 Å². The van der Waals surface area contributed by atoms with E-state index in [0.717, 1.165) is 25.0 Å². The Labute approximate surface area is 121 Å². The van der Waals surface area contributed by atoms with Gasteiger partial charge in [-0.25, -0.2) is 0 Å². The Morgan fingerprint density at radius 1 is 1.15 bits per heavy atom. The molecule has 0 saturated heterocycles. The number of hydrogen-bond acceptors (Lipinski definition) is 2. The van der Waals surface area contributed by atoms with Gasteiger partial charge in [-0.15, -0.1) is 0 Å². The van der Waals surface area contributed by atoms with Crippen LogP contribution >= 0.6 is 0 Å². The summed E-state index contributed by atoms with van der Waals surface area (Å²) in [5.41, 5.74) is 1.10. The molecule has 0 aliphatic carbocycles. The molecule has 0 radical (unpaired) electrons. The number of carbonyl (C=O) groups excluding carboxylic acids is 1. The summed E-state index contributed by atoms with van der Waals surface area (Å²) >= 11 is 0. The van der Waals surface area contributed by atoms with Crippen LogP contribution in [0, 0.1) is 5.92 Å². The number of carbonyl (C=O) groups is 1. The number of amides is 1. The Hall–Kier alpha value is -1.61. The monoisotopic (exact) mass is 273 g/mol. The molecule has 2 rings (SSSR count). The summed E-state index contributed by atoms with van der Waals surface area (Å²) in [6, 6.07) is 9.97. The van der Waals surface area contributed by atoms with E-state index in [2.05, 4.69) is 24.4 Å². The third-order valence-corrected chi connectivity index (χ3v) is 3.47. The van der Waals surface area contributed by atoms with Gasteiger partial charge in [-0.1, -0.05) is 49.4 Å². The molecule has 3 nitrogen and oxygen atoms in total. The van der Waals surface area contributed by atoms with Crippen LogP contribution in [0.15, 0.2) is 42.5 Å². The summed E-state index contributed by atoms with van der Waals surface area (Å²) in [6.07, 6.45) is 6.60. The maximum Gasteiger partial charge on any atom is 0.220 e. The van der Waals surface area contributed by atoms with Crippen LogP contribution in [0.5, 0.6) is 0 Å². The van der Waals surface area contributed by atoms with Crippen LogP contribution in [-0.2, 0) is 9.53 Å². The molecule has 1 aliphatic rings. The SMILES string of the molecule is CC1C/C=C\CCC(=O)N[C@H](c2ccccc2)COC1. The van der Waals surface area contributed by atoms with Crippen molar-refractivity contribution in [1.29, 1.82) is 0 Å². The van der Waals surface area contributed by atoms with Crippen molar-refractivity contribution in [1.82, 2.24) is 5.32 Å². The maximum atomic E-state index is 11.9. The maximum absolute atomic E-state index is 11.9. The summed E-state index contributed by atoms with van der Waals surface area (Å²) < 4.78 is 5.79. The van der Waals surface area contributed by atoms with E-state index in [1.54, 1.807) is 0 Å². The molecule has 1 amide bonds. The van der Waals surface area contributed by atoms with Crippen LogP contribution in [0.25, 0.3) is 0 Å². The van der Waals surface area contributed by atoms with E-state index in [1.165, 1.54) is 0 Å². The van der Waals surface area contributed by atoms with E-state index in [-0.39, 0.29) is 11.9 Å². The molecule has 2 atom stereocenters. The molecule has 1 heterocycles. The smallest absolute Gasteiger partial charge is 0.220 e. The van der Waals surface area contributed by atoms with E-state index in [1.807, 2.05) is 30.3 Å². The van der Waals surface area contributed by atoms with Crippen molar-refractivity contribution in [2.45, 2.75) is 32.2 Å². The Kier molecular flexibility index (Phi) is 5.81. The highest BCUT2D eigenvalue weighted by Crippen LogP contribution is 2.15. The Bertz CT molecular complexity index is 442. The molecule has 0 saturated carbocycles. The quantitative estimate of drug-likeness (QED) is 0.798. The van der Waals surface area contributed by atoms with E-state index in [0.29, 0.717) is 18.9 Å². The van der Waals surface area contributed by atoms with Crippen LogP contribution < -0.4 is 5.32 Å². The second kappa shape index (κ2) is 7.85. The molecule has 1 N–H and O–H groups in total. The van der Waals surface area contributed by atoms with Gasteiger partial charge < -0.3 is 10.1 Å². The average Bonchev–Trinajstić information content (AvgIpc) is 2.45. The van der Waals surface area contributed by atoms with E-state index >= 15 is 0 Å². The normalized spacial score (nSPS) is 26.9. The first-order valence-electron chi connectivity index (χ1n) is 7.32. The van der Waals surface area contributed by atoms with E-state index in [9.17, 15) is 4.79 Å². The largest absolute Gasteiger partial charge is 0.379 e. The minimum Gasteiger partial charge on any atom is -0.379 e. The number of rotatable bonds is 1. The Balaban J connectivity index is 2.05. The molecule has 20 heavy (non-hydrogen) atoms. The van der Waals surface area contributed by atoms with Crippen LogP contribution in [0.4, 0.5) is 0 Å².